The van der Waals surface area contributed by atoms with Crippen LogP contribution in [0.15, 0.2) is 72.9 Å². The molecule has 4 atom stereocenters. The molecule has 2 rings (SSSR count). The molecule has 4 nitrogen and oxygen atoms in total. The van der Waals surface area contributed by atoms with Gasteiger partial charge in [0.1, 0.15) is 24.4 Å². The van der Waals surface area contributed by atoms with E-state index >= 15 is 0 Å². The zero-order chi connectivity index (χ0) is 21.6. The van der Waals surface area contributed by atoms with Crippen molar-refractivity contribution in [2.24, 2.45) is 0 Å². The van der Waals surface area contributed by atoms with Crippen molar-refractivity contribution in [1.29, 1.82) is 0 Å². The van der Waals surface area contributed by atoms with Gasteiger partial charge in [0.15, 0.2) is 0 Å². The highest BCUT2D eigenvalue weighted by Gasteiger charge is 2.47. The molecule has 2 aliphatic rings. The Bertz CT molecular complexity index is 727. The minimum Gasteiger partial charge on any atom is -0.462 e. The van der Waals surface area contributed by atoms with Crippen molar-refractivity contribution >= 4 is 5.97 Å². The maximum Gasteiger partial charge on any atom is 0.306 e. The van der Waals surface area contributed by atoms with E-state index in [-0.39, 0.29) is 30.7 Å². The second-order valence-electron chi connectivity index (χ2n) is 8.16. The van der Waals surface area contributed by atoms with Crippen LogP contribution in [-0.4, -0.2) is 35.5 Å². The normalized spacial score (nSPS) is 29.4. The lowest BCUT2D eigenvalue weighted by atomic mass is 9.92. The van der Waals surface area contributed by atoms with Crippen molar-refractivity contribution in [3.05, 3.63) is 72.9 Å². The lowest BCUT2D eigenvalue weighted by Gasteiger charge is -2.20. The summed E-state index contributed by atoms with van der Waals surface area (Å²) in [5.74, 6) is -0.238. The summed E-state index contributed by atoms with van der Waals surface area (Å²) >= 11 is 0. The van der Waals surface area contributed by atoms with Crippen LogP contribution in [0.4, 0.5) is 0 Å². The number of carbonyl (C=O) groups excluding carboxylic acids is 1. The van der Waals surface area contributed by atoms with Crippen LogP contribution in [-0.2, 0) is 14.3 Å². The number of aliphatic hydroxyl groups is 1. The number of allylic oxidation sites excluding steroid dienone is 5. The SMILES string of the molecule is C=C(C)/C=C/CCC[C@@H]1CC(=C)[C@H]2O[C@@H]2[C@@H](O)C(=C)CC(=C)C(=C)CCC(=O)O1. The number of fused-ring (bicyclic) bond motifs is 1. The van der Waals surface area contributed by atoms with Gasteiger partial charge in [-0.1, -0.05) is 56.2 Å². The third kappa shape index (κ3) is 7.30. The van der Waals surface area contributed by atoms with E-state index in [1.165, 1.54) is 0 Å². The molecule has 0 radical (unpaired) electrons. The Hall–Kier alpha value is -2.17. The minimum absolute atomic E-state index is 0.231. The fourth-order valence-electron chi connectivity index (χ4n) is 3.46. The number of hydrogen-bond acceptors (Lipinski definition) is 4. The minimum atomic E-state index is -0.766. The number of epoxide rings is 1. The smallest absolute Gasteiger partial charge is 0.306 e. The molecule has 2 fully saturated rings. The summed E-state index contributed by atoms with van der Waals surface area (Å²) in [4.78, 5) is 12.4. The summed E-state index contributed by atoms with van der Waals surface area (Å²) in [5, 5.41) is 10.5. The molecule has 158 valence electrons. The van der Waals surface area contributed by atoms with Crippen LogP contribution < -0.4 is 0 Å². The number of unbranched alkanes of at least 4 members (excludes halogenated alkanes) is 1. The Labute approximate surface area is 175 Å². The summed E-state index contributed by atoms with van der Waals surface area (Å²) in [5.41, 5.74) is 4.07. The van der Waals surface area contributed by atoms with Crippen molar-refractivity contribution in [3.8, 4) is 0 Å². The fourth-order valence-corrected chi connectivity index (χ4v) is 3.46. The summed E-state index contributed by atoms with van der Waals surface area (Å²) in [6, 6.07) is 0. The van der Waals surface area contributed by atoms with Gasteiger partial charge in [-0.3, -0.25) is 4.79 Å². The first-order valence-corrected chi connectivity index (χ1v) is 10.2. The van der Waals surface area contributed by atoms with Crippen molar-refractivity contribution in [1.82, 2.24) is 0 Å². The average Bonchev–Trinajstić information content (AvgIpc) is 3.44. The Morgan fingerprint density at radius 1 is 1.17 bits per heavy atom. The summed E-state index contributed by atoms with van der Waals surface area (Å²) in [7, 11) is 0. The van der Waals surface area contributed by atoms with E-state index in [1.54, 1.807) is 0 Å². The van der Waals surface area contributed by atoms with Gasteiger partial charge in [-0.25, -0.2) is 0 Å². The van der Waals surface area contributed by atoms with Crippen molar-refractivity contribution in [2.45, 2.75) is 76.3 Å². The maximum atomic E-state index is 12.4. The highest BCUT2D eigenvalue weighted by molar-refractivity contribution is 5.70. The largest absolute Gasteiger partial charge is 0.462 e. The Kier molecular flexibility index (Phi) is 8.42. The molecule has 0 aromatic rings. The van der Waals surface area contributed by atoms with Gasteiger partial charge in [0.25, 0.3) is 0 Å². The Morgan fingerprint density at radius 2 is 1.90 bits per heavy atom. The Balaban J connectivity index is 2.04. The molecule has 0 amide bonds. The number of aliphatic hydroxyl groups excluding tert-OH is 1. The van der Waals surface area contributed by atoms with Crippen molar-refractivity contribution in [2.75, 3.05) is 0 Å². The molecule has 0 spiro atoms. The van der Waals surface area contributed by atoms with Gasteiger partial charge in [0, 0.05) is 12.8 Å². The highest BCUT2D eigenvalue weighted by atomic mass is 16.6. The number of cyclic esters (lactones) is 1. The maximum absolute atomic E-state index is 12.4. The second kappa shape index (κ2) is 10.6. The van der Waals surface area contributed by atoms with Gasteiger partial charge in [-0.05, 0) is 55.7 Å². The molecular weight excluding hydrogens is 364 g/mol. The van der Waals surface area contributed by atoms with Gasteiger partial charge in [-0.15, -0.1) is 0 Å². The quantitative estimate of drug-likeness (QED) is 0.229. The molecular formula is C25H34O4. The lowest BCUT2D eigenvalue weighted by molar-refractivity contribution is -0.149. The molecule has 2 saturated heterocycles. The number of esters is 1. The van der Waals surface area contributed by atoms with Crippen molar-refractivity contribution in [3.63, 3.8) is 0 Å². The molecule has 0 saturated carbocycles. The number of hydrogen-bond donors (Lipinski definition) is 1. The van der Waals surface area contributed by atoms with Crippen LogP contribution >= 0.6 is 0 Å². The molecule has 0 aliphatic carbocycles. The first kappa shape index (κ1) is 23.1. The van der Waals surface area contributed by atoms with Gasteiger partial charge in [-0.2, -0.15) is 0 Å². The molecule has 2 heterocycles. The molecule has 2 aliphatic heterocycles. The van der Waals surface area contributed by atoms with Gasteiger partial charge in [0.05, 0.1) is 0 Å². The highest BCUT2D eigenvalue weighted by Crippen LogP contribution is 2.37. The summed E-state index contributed by atoms with van der Waals surface area (Å²) in [6.07, 6.45) is 6.73. The van der Waals surface area contributed by atoms with Gasteiger partial charge in [0.2, 0.25) is 0 Å². The fraction of sp³-hybridized carbons (Fsp3) is 0.480. The lowest BCUT2D eigenvalue weighted by Crippen LogP contribution is -2.23. The number of rotatable bonds is 5. The summed E-state index contributed by atoms with van der Waals surface area (Å²) < 4.78 is 11.4. The van der Waals surface area contributed by atoms with Gasteiger partial charge >= 0.3 is 5.97 Å². The number of ether oxygens (including phenoxy) is 2. The van der Waals surface area contributed by atoms with E-state index in [1.807, 2.05) is 13.0 Å². The van der Waals surface area contributed by atoms with E-state index < -0.39 is 6.10 Å². The molecule has 29 heavy (non-hydrogen) atoms. The average molecular weight is 399 g/mol. The number of carbonyl (C=O) groups is 1. The predicted molar refractivity (Wildman–Crippen MR) is 117 cm³/mol. The van der Waals surface area contributed by atoms with Crippen LogP contribution in [0.5, 0.6) is 0 Å². The molecule has 4 heteroatoms. The molecule has 1 N–H and O–H groups in total. The molecule has 0 bridgehead atoms. The van der Waals surface area contributed by atoms with E-state index in [0.717, 1.165) is 41.6 Å². The van der Waals surface area contributed by atoms with Crippen LogP contribution in [0.3, 0.4) is 0 Å². The standard InChI is InChI=1S/C25H34O4/c1-16(2)10-8-7-9-11-21-15-20(6)24-25(29-24)23(27)19(5)14-18(4)17(3)12-13-22(26)28-21/h8,10,21,23-25,27H,1,3-7,9,11-15H2,2H3/b10-8+/t21-,23+,24-,25-/m1/s1. The third-order valence-corrected chi connectivity index (χ3v) is 5.32. The van der Waals surface area contributed by atoms with Crippen LogP contribution in [0.1, 0.15) is 51.9 Å². The van der Waals surface area contributed by atoms with Crippen LogP contribution in [0.2, 0.25) is 0 Å². The molecule has 0 unspecified atom stereocenters. The van der Waals surface area contributed by atoms with Crippen molar-refractivity contribution < 1.29 is 19.4 Å². The summed E-state index contributed by atoms with van der Waals surface area (Å²) in [6.45, 7) is 21.9. The predicted octanol–water partition coefficient (Wildman–Crippen LogP) is 5.13. The monoisotopic (exact) mass is 398 g/mol. The molecule has 0 aromatic heterocycles. The van der Waals surface area contributed by atoms with E-state index in [0.29, 0.717) is 24.8 Å². The topological polar surface area (TPSA) is 59.1 Å². The van der Waals surface area contributed by atoms with Gasteiger partial charge < -0.3 is 14.6 Å². The van der Waals surface area contributed by atoms with E-state index in [4.69, 9.17) is 9.47 Å². The Morgan fingerprint density at radius 3 is 2.59 bits per heavy atom. The first-order chi connectivity index (χ1) is 13.7. The second-order valence-corrected chi connectivity index (χ2v) is 8.16. The zero-order valence-electron chi connectivity index (χ0n) is 17.6. The molecule has 0 aromatic carbocycles. The van der Waals surface area contributed by atoms with Crippen LogP contribution in [0, 0.1) is 0 Å². The third-order valence-electron chi connectivity index (χ3n) is 5.32. The van der Waals surface area contributed by atoms with E-state index in [9.17, 15) is 9.90 Å². The zero-order valence-corrected chi connectivity index (χ0v) is 17.6. The first-order valence-electron chi connectivity index (χ1n) is 10.2. The van der Waals surface area contributed by atoms with E-state index in [2.05, 4.69) is 39.0 Å². The van der Waals surface area contributed by atoms with Crippen LogP contribution in [0.25, 0.3) is 0 Å².